The van der Waals surface area contributed by atoms with Crippen LogP contribution in [0.4, 0.5) is 5.82 Å². The van der Waals surface area contributed by atoms with Crippen LogP contribution in [-0.2, 0) is 0 Å². The average molecular weight is 454 g/mol. The predicted molar refractivity (Wildman–Crippen MR) is 111 cm³/mol. The molecule has 0 aliphatic rings. The number of anilines is 1. The summed E-state index contributed by atoms with van der Waals surface area (Å²) < 4.78 is 7.45. The van der Waals surface area contributed by atoms with E-state index < -0.39 is 0 Å². The third-order valence-electron chi connectivity index (χ3n) is 4.43. The summed E-state index contributed by atoms with van der Waals surface area (Å²) in [5.74, 6) is 0.712. The molecule has 3 heterocycles. The lowest BCUT2D eigenvalue weighted by molar-refractivity contribution is 0.102. The number of halogens is 1. The average Bonchev–Trinajstić information content (AvgIpc) is 3.36. The van der Waals surface area contributed by atoms with Gasteiger partial charge in [-0.25, -0.2) is 4.98 Å². The Labute approximate surface area is 173 Å². The quantitative estimate of drug-likeness (QED) is 0.488. The number of furan rings is 1. The Balaban J connectivity index is 1.81. The molecule has 0 aliphatic carbocycles. The standard InChI is InChI=1S/C20H16BrN5O3/c1-11-12(2)22-20(24-18(11)27)26-17(10-15(25-26)16-8-5-9-29-16)23-19(28)13-6-3-4-7-14(13)21/h3-10H,1-2H3,(H,23,28)(H,22,24,27). The van der Waals surface area contributed by atoms with Gasteiger partial charge in [-0.3, -0.25) is 14.6 Å². The smallest absolute Gasteiger partial charge is 0.257 e. The molecule has 8 nitrogen and oxygen atoms in total. The molecular formula is C20H16BrN5O3. The van der Waals surface area contributed by atoms with E-state index in [1.54, 1.807) is 50.2 Å². The SMILES string of the molecule is Cc1nc(-n2nc(-c3ccco3)cc2NC(=O)c2ccccc2Br)[nH]c(=O)c1C. The van der Waals surface area contributed by atoms with Gasteiger partial charge in [-0.05, 0) is 54.0 Å². The number of hydrogen-bond acceptors (Lipinski definition) is 5. The topological polar surface area (TPSA) is 106 Å². The molecule has 1 aromatic carbocycles. The Kier molecular flexibility index (Phi) is 4.89. The molecule has 2 N–H and O–H groups in total. The zero-order valence-electron chi connectivity index (χ0n) is 15.6. The zero-order chi connectivity index (χ0) is 20.5. The summed E-state index contributed by atoms with van der Waals surface area (Å²) in [6.07, 6.45) is 1.53. The molecule has 0 bridgehead atoms. The number of amides is 1. The fourth-order valence-corrected chi connectivity index (χ4v) is 3.20. The summed E-state index contributed by atoms with van der Waals surface area (Å²) in [6, 6.07) is 12.2. The van der Waals surface area contributed by atoms with E-state index in [1.807, 2.05) is 6.07 Å². The second kappa shape index (κ2) is 7.51. The monoisotopic (exact) mass is 453 g/mol. The first kappa shape index (κ1) is 18.9. The van der Waals surface area contributed by atoms with Crippen molar-refractivity contribution in [2.24, 2.45) is 0 Å². The number of carbonyl (C=O) groups is 1. The molecule has 0 aliphatic heterocycles. The summed E-state index contributed by atoms with van der Waals surface area (Å²) in [5.41, 5.74) is 1.76. The molecule has 0 saturated heterocycles. The molecule has 4 aromatic rings. The van der Waals surface area contributed by atoms with Crippen LogP contribution in [0.15, 0.2) is 62.4 Å². The van der Waals surface area contributed by atoms with Crippen LogP contribution >= 0.6 is 15.9 Å². The maximum absolute atomic E-state index is 12.8. The highest BCUT2D eigenvalue weighted by atomic mass is 79.9. The van der Waals surface area contributed by atoms with Crippen LogP contribution in [0.25, 0.3) is 17.4 Å². The van der Waals surface area contributed by atoms with E-state index in [0.717, 1.165) is 0 Å². The molecule has 4 rings (SSSR count). The Bertz CT molecular complexity index is 1260. The van der Waals surface area contributed by atoms with E-state index in [-0.39, 0.29) is 17.4 Å². The first-order chi connectivity index (χ1) is 13.9. The maximum atomic E-state index is 12.8. The Morgan fingerprint density at radius 2 is 2.00 bits per heavy atom. The van der Waals surface area contributed by atoms with Crippen molar-refractivity contribution in [1.82, 2.24) is 19.7 Å². The normalized spacial score (nSPS) is 10.9. The van der Waals surface area contributed by atoms with Gasteiger partial charge in [0.05, 0.1) is 11.8 Å². The highest BCUT2D eigenvalue weighted by Gasteiger charge is 2.19. The highest BCUT2D eigenvalue weighted by molar-refractivity contribution is 9.10. The number of aromatic nitrogens is 4. The Morgan fingerprint density at radius 3 is 2.69 bits per heavy atom. The highest BCUT2D eigenvalue weighted by Crippen LogP contribution is 2.25. The number of nitrogens with one attached hydrogen (secondary N) is 2. The number of rotatable bonds is 4. The molecule has 146 valence electrons. The van der Waals surface area contributed by atoms with E-state index in [4.69, 9.17) is 4.42 Å². The van der Waals surface area contributed by atoms with Crippen molar-refractivity contribution in [3.05, 3.63) is 80.4 Å². The number of aromatic amines is 1. The van der Waals surface area contributed by atoms with E-state index in [9.17, 15) is 9.59 Å². The van der Waals surface area contributed by atoms with Crippen LogP contribution in [0.5, 0.6) is 0 Å². The van der Waals surface area contributed by atoms with Gasteiger partial charge in [-0.1, -0.05) is 12.1 Å². The molecule has 9 heteroatoms. The number of aryl methyl sites for hydroxylation is 1. The van der Waals surface area contributed by atoms with Crippen molar-refractivity contribution in [1.29, 1.82) is 0 Å². The first-order valence-electron chi connectivity index (χ1n) is 8.72. The van der Waals surface area contributed by atoms with Crippen LogP contribution in [0.3, 0.4) is 0 Å². The summed E-state index contributed by atoms with van der Waals surface area (Å²) in [4.78, 5) is 32.1. The fourth-order valence-electron chi connectivity index (χ4n) is 2.74. The van der Waals surface area contributed by atoms with Gasteiger partial charge in [0.25, 0.3) is 11.5 Å². The van der Waals surface area contributed by atoms with Crippen molar-refractivity contribution < 1.29 is 9.21 Å². The minimum Gasteiger partial charge on any atom is -0.463 e. The van der Waals surface area contributed by atoms with Gasteiger partial charge in [-0.15, -0.1) is 0 Å². The molecule has 0 radical (unpaired) electrons. The summed E-state index contributed by atoms with van der Waals surface area (Å²) in [7, 11) is 0. The third kappa shape index (κ3) is 3.64. The molecule has 1 amide bonds. The number of hydrogen-bond donors (Lipinski definition) is 2. The number of H-pyrrole nitrogens is 1. The number of nitrogens with zero attached hydrogens (tertiary/aromatic N) is 3. The zero-order valence-corrected chi connectivity index (χ0v) is 17.1. The van der Waals surface area contributed by atoms with E-state index in [2.05, 4.69) is 36.3 Å². The van der Waals surface area contributed by atoms with Crippen LogP contribution < -0.4 is 10.9 Å². The lowest BCUT2D eigenvalue weighted by Crippen LogP contribution is -2.21. The van der Waals surface area contributed by atoms with Crippen LogP contribution in [0, 0.1) is 13.8 Å². The minimum atomic E-state index is -0.337. The van der Waals surface area contributed by atoms with Crippen molar-refractivity contribution in [3.63, 3.8) is 0 Å². The van der Waals surface area contributed by atoms with Gasteiger partial charge in [0.1, 0.15) is 11.5 Å². The lowest BCUT2D eigenvalue weighted by atomic mass is 10.2. The van der Waals surface area contributed by atoms with Crippen molar-refractivity contribution in [2.75, 3.05) is 5.32 Å². The summed E-state index contributed by atoms with van der Waals surface area (Å²) in [5, 5.41) is 7.30. The molecule has 0 atom stereocenters. The molecule has 29 heavy (non-hydrogen) atoms. The molecule has 3 aromatic heterocycles. The predicted octanol–water partition coefficient (Wildman–Crippen LogP) is 3.85. The van der Waals surface area contributed by atoms with Crippen LogP contribution in [0.2, 0.25) is 0 Å². The number of benzene rings is 1. The number of carbonyl (C=O) groups excluding carboxylic acids is 1. The molecular weight excluding hydrogens is 438 g/mol. The lowest BCUT2D eigenvalue weighted by Gasteiger charge is -2.10. The largest absolute Gasteiger partial charge is 0.463 e. The van der Waals surface area contributed by atoms with Gasteiger partial charge >= 0.3 is 0 Å². The third-order valence-corrected chi connectivity index (χ3v) is 5.12. The van der Waals surface area contributed by atoms with Gasteiger partial charge in [-0.2, -0.15) is 9.78 Å². The van der Waals surface area contributed by atoms with E-state index in [0.29, 0.717) is 38.6 Å². The molecule has 0 saturated carbocycles. The molecule has 0 fully saturated rings. The van der Waals surface area contributed by atoms with E-state index >= 15 is 0 Å². The minimum absolute atomic E-state index is 0.193. The van der Waals surface area contributed by atoms with Gasteiger partial charge < -0.3 is 9.73 Å². The fraction of sp³-hybridized carbons (Fsp3) is 0.100. The van der Waals surface area contributed by atoms with Crippen molar-refractivity contribution in [2.45, 2.75) is 13.8 Å². The van der Waals surface area contributed by atoms with Gasteiger partial charge in [0.2, 0.25) is 5.95 Å². The van der Waals surface area contributed by atoms with Gasteiger partial charge in [0, 0.05) is 21.8 Å². The second-order valence-corrected chi connectivity index (χ2v) is 7.19. The first-order valence-corrected chi connectivity index (χ1v) is 9.51. The van der Waals surface area contributed by atoms with Gasteiger partial charge in [0.15, 0.2) is 5.76 Å². The maximum Gasteiger partial charge on any atom is 0.257 e. The van der Waals surface area contributed by atoms with E-state index in [1.165, 1.54) is 10.9 Å². The van der Waals surface area contributed by atoms with Crippen LogP contribution in [0.1, 0.15) is 21.6 Å². The van der Waals surface area contributed by atoms with Crippen LogP contribution in [-0.4, -0.2) is 25.7 Å². The van der Waals surface area contributed by atoms with Crippen molar-refractivity contribution >= 4 is 27.7 Å². The Hall–Kier alpha value is -3.46. The second-order valence-electron chi connectivity index (χ2n) is 6.34. The summed E-state index contributed by atoms with van der Waals surface area (Å²) >= 11 is 3.38. The van der Waals surface area contributed by atoms with Crippen molar-refractivity contribution in [3.8, 4) is 17.4 Å². The summed E-state index contributed by atoms with van der Waals surface area (Å²) in [6.45, 7) is 3.43. The Morgan fingerprint density at radius 1 is 1.21 bits per heavy atom. The molecule has 0 spiro atoms. The molecule has 0 unspecified atom stereocenters.